The van der Waals surface area contributed by atoms with Gasteiger partial charge in [0.05, 0.1) is 0 Å². The maximum atomic E-state index is 11.7. The molecule has 0 aliphatic carbocycles. The molecule has 86 valence electrons. The van der Waals surface area contributed by atoms with E-state index >= 15 is 0 Å². The lowest BCUT2D eigenvalue weighted by Gasteiger charge is -2.05. The van der Waals surface area contributed by atoms with Gasteiger partial charge in [0.1, 0.15) is 17.1 Å². The first-order chi connectivity index (χ1) is 8.16. The van der Waals surface area contributed by atoms with Crippen LogP contribution in [-0.4, -0.2) is 11.1 Å². The molecule has 0 saturated carbocycles. The Morgan fingerprint density at radius 3 is 2.35 bits per heavy atom. The molecule has 2 aromatic carbocycles. The third-order valence-corrected chi connectivity index (χ3v) is 2.68. The molecule has 0 saturated heterocycles. The number of ether oxygens (including phenoxy) is 1. The average molecular weight is 293 g/mol. The maximum absolute atomic E-state index is 11.7. The lowest BCUT2D eigenvalue weighted by Crippen LogP contribution is -2.08. The summed E-state index contributed by atoms with van der Waals surface area (Å²) < 4.78 is 6.02. The molecule has 0 radical (unpaired) electrons. The van der Waals surface area contributed by atoms with Gasteiger partial charge in [0.2, 0.25) is 0 Å². The highest BCUT2D eigenvalue weighted by Gasteiger charge is 2.12. The van der Waals surface area contributed by atoms with Gasteiger partial charge in [0.15, 0.2) is 0 Å². The second-order valence-corrected chi connectivity index (χ2v) is 4.28. The van der Waals surface area contributed by atoms with E-state index in [1.54, 1.807) is 36.4 Å². The van der Waals surface area contributed by atoms with Crippen LogP contribution in [0.2, 0.25) is 0 Å². The van der Waals surface area contributed by atoms with Crippen LogP contribution in [0.3, 0.4) is 0 Å². The number of benzene rings is 2. The lowest BCUT2D eigenvalue weighted by molar-refractivity contribution is 0.0731. The van der Waals surface area contributed by atoms with E-state index in [1.807, 2.05) is 0 Å². The number of phenols is 1. The molecule has 17 heavy (non-hydrogen) atoms. The van der Waals surface area contributed by atoms with Crippen LogP contribution in [0.1, 0.15) is 10.4 Å². The van der Waals surface area contributed by atoms with Gasteiger partial charge in [0.25, 0.3) is 0 Å². The molecule has 0 aliphatic rings. The predicted molar refractivity (Wildman–Crippen MR) is 67.2 cm³/mol. The van der Waals surface area contributed by atoms with Crippen molar-refractivity contribution in [3.63, 3.8) is 0 Å². The van der Waals surface area contributed by atoms with Gasteiger partial charge in [-0.05, 0) is 36.4 Å². The highest BCUT2D eigenvalue weighted by molar-refractivity contribution is 9.10. The van der Waals surface area contributed by atoms with Crippen LogP contribution >= 0.6 is 15.9 Å². The molecule has 0 aliphatic heterocycles. The van der Waals surface area contributed by atoms with Crippen LogP contribution in [0.15, 0.2) is 53.0 Å². The van der Waals surface area contributed by atoms with Crippen LogP contribution in [0, 0.1) is 0 Å². The number of aromatic hydroxyl groups is 1. The number of halogens is 1. The number of hydrogen-bond donors (Lipinski definition) is 1. The first-order valence-electron chi connectivity index (χ1n) is 4.92. The predicted octanol–water partition coefficient (Wildman–Crippen LogP) is 3.37. The van der Waals surface area contributed by atoms with Crippen LogP contribution in [0.5, 0.6) is 11.5 Å². The molecule has 2 aromatic rings. The highest BCUT2D eigenvalue weighted by atomic mass is 79.9. The molecule has 0 bridgehead atoms. The summed E-state index contributed by atoms with van der Waals surface area (Å²) in [5.41, 5.74) is 0.149. The molecule has 0 aromatic heterocycles. The Morgan fingerprint density at radius 2 is 1.71 bits per heavy atom. The summed E-state index contributed by atoms with van der Waals surface area (Å²) in [6.07, 6.45) is 0. The summed E-state index contributed by atoms with van der Waals surface area (Å²) in [4.78, 5) is 11.7. The topological polar surface area (TPSA) is 46.5 Å². The molecule has 2 rings (SSSR count). The van der Waals surface area contributed by atoms with Crippen molar-refractivity contribution in [2.45, 2.75) is 0 Å². The van der Waals surface area contributed by atoms with E-state index in [-0.39, 0.29) is 11.3 Å². The van der Waals surface area contributed by atoms with E-state index in [1.165, 1.54) is 12.1 Å². The zero-order valence-electron chi connectivity index (χ0n) is 8.76. The fraction of sp³-hybridized carbons (Fsp3) is 0. The first kappa shape index (κ1) is 11.7. The largest absolute Gasteiger partial charge is 0.507 e. The average Bonchev–Trinajstić information content (AvgIpc) is 2.32. The van der Waals surface area contributed by atoms with Crippen LogP contribution < -0.4 is 4.74 Å². The fourth-order valence-electron chi connectivity index (χ4n) is 1.31. The monoisotopic (exact) mass is 292 g/mol. The Bertz CT molecular complexity index is 535. The van der Waals surface area contributed by atoms with Crippen LogP contribution in [0.25, 0.3) is 0 Å². The van der Waals surface area contributed by atoms with Crippen molar-refractivity contribution in [2.75, 3.05) is 0 Å². The number of rotatable bonds is 2. The van der Waals surface area contributed by atoms with Gasteiger partial charge < -0.3 is 9.84 Å². The number of carbonyl (C=O) groups excluding carboxylic acids is 1. The second-order valence-electron chi connectivity index (χ2n) is 3.36. The van der Waals surface area contributed by atoms with Gasteiger partial charge in [-0.2, -0.15) is 0 Å². The Hall–Kier alpha value is -1.81. The van der Waals surface area contributed by atoms with Crippen molar-refractivity contribution in [1.29, 1.82) is 0 Å². The number of esters is 1. The first-order valence-corrected chi connectivity index (χ1v) is 5.72. The van der Waals surface area contributed by atoms with Crippen LogP contribution in [0.4, 0.5) is 0 Å². The Labute approximate surface area is 107 Å². The van der Waals surface area contributed by atoms with E-state index in [0.717, 1.165) is 4.47 Å². The van der Waals surface area contributed by atoms with Crippen molar-refractivity contribution in [3.8, 4) is 11.5 Å². The summed E-state index contributed by atoms with van der Waals surface area (Å²) in [7, 11) is 0. The second kappa shape index (κ2) is 5.01. The van der Waals surface area contributed by atoms with Crippen molar-refractivity contribution in [3.05, 3.63) is 58.6 Å². The molecule has 4 heteroatoms. The summed E-state index contributed by atoms with van der Waals surface area (Å²) in [5, 5.41) is 9.49. The summed E-state index contributed by atoms with van der Waals surface area (Å²) in [6, 6.07) is 13.1. The summed E-state index contributed by atoms with van der Waals surface area (Å²) >= 11 is 3.29. The molecule has 0 amide bonds. The molecule has 1 N–H and O–H groups in total. The molecule has 0 spiro atoms. The van der Waals surface area contributed by atoms with Gasteiger partial charge in [-0.1, -0.05) is 28.1 Å². The Morgan fingerprint density at radius 1 is 1.06 bits per heavy atom. The number of phenolic OH excluding ortho intramolecular Hbond substituents is 1. The van der Waals surface area contributed by atoms with Crippen molar-refractivity contribution in [1.82, 2.24) is 0 Å². The normalized spacial score (nSPS) is 9.94. The third kappa shape index (κ3) is 2.85. The van der Waals surface area contributed by atoms with Gasteiger partial charge in [0, 0.05) is 4.47 Å². The molecule has 0 heterocycles. The fourth-order valence-corrected chi connectivity index (χ4v) is 1.58. The molecule has 0 unspecified atom stereocenters. The maximum Gasteiger partial charge on any atom is 0.347 e. The highest BCUT2D eigenvalue weighted by Crippen LogP contribution is 2.20. The molecule has 3 nitrogen and oxygen atoms in total. The number of carbonyl (C=O) groups is 1. The van der Waals surface area contributed by atoms with Gasteiger partial charge in [-0.3, -0.25) is 0 Å². The Kier molecular flexibility index (Phi) is 3.44. The zero-order valence-corrected chi connectivity index (χ0v) is 10.3. The number of para-hydroxylation sites is 1. The lowest BCUT2D eigenvalue weighted by atomic mass is 10.2. The van der Waals surface area contributed by atoms with E-state index < -0.39 is 5.97 Å². The van der Waals surface area contributed by atoms with Crippen molar-refractivity contribution < 1.29 is 14.6 Å². The minimum atomic E-state index is -0.578. The Balaban J connectivity index is 2.17. The number of hydrogen-bond acceptors (Lipinski definition) is 3. The van der Waals surface area contributed by atoms with Crippen molar-refractivity contribution >= 4 is 21.9 Å². The quantitative estimate of drug-likeness (QED) is 0.682. The summed E-state index contributed by atoms with van der Waals surface area (Å²) in [6.45, 7) is 0. The molecular formula is C13H9BrO3. The minimum Gasteiger partial charge on any atom is -0.507 e. The van der Waals surface area contributed by atoms with Crippen LogP contribution in [-0.2, 0) is 0 Å². The minimum absolute atomic E-state index is 0.0883. The molecule has 0 fully saturated rings. The summed E-state index contributed by atoms with van der Waals surface area (Å²) in [5.74, 6) is -0.235. The molecular weight excluding hydrogens is 284 g/mol. The zero-order chi connectivity index (χ0) is 12.3. The van der Waals surface area contributed by atoms with Crippen molar-refractivity contribution in [2.24, 2.45) is 0 Å². The SMILES string of the molecule is O=C(Oc1ccc(Br)cc1)c1ccccc1O. The van der Waals surface area contributed by atoms with Gasteiger partial charge >= 0.3 is 5.97 Å². The third-order valence-electron chi connectivity index (χ3n) is 2.15. The molecule has 0 atom stereocenters. The van der Waals surface area contributed by atoms with E-state index in [2.05, 4.69) is 15.9 Å². The smallest absolute Gasteiger partial charge is 0.347 e. The van der Waals surface area contributed by atoms with E-state index in [0.29, 0.717) is 5.75 Å². The van der Waals surface area contributed by atoms with Gasteiger partial charge in [-0.15, -0.1) is 0 Å². The van der Waals surface area contributed by atoms with E-state index in [9.17, 15) is 9.90 Å². The van der Waals surface area contributed by atoms with E-state index in [4.69, 9.17) is 4.74 Å². The standard InChI is InChI=1S/C13H9BrO3/c14-9-5-7-10(8-6-9)17-13(16)11-3-1-2-4-12(11)15/h1-8,15H. The van der Waals surface area contributed by atoms with Gasteiger partial charge in [-0.25, -0.2) is 4.79 Å².